The Morgan fingerprint density at radius 2 is 1.92 bits per heavy atom. The number of nitrogens with zero attached hydrogens (tertiary/aromatic N) is 3. The topological polar surface area (TPSA) is 47.8 Å². The number of hydrogen-bond donors (Lipinski definition) is 0. The van der Waals surface area contributed by atoms with Crippen LogP contribution in [0.3, 0.4) is 0 Å². The normalized spacial score (nSPS) is 10.2. The highest BCUT2D eigenvalue weighted by atomic mass is 32.2. The van der Waals surface area contributed by atoms with Crippen LogP contribution >= 0.6 is 23.5 Å². The van der Waals surface area contributed by atoms with Crippen molar-refractivity contribution in [1.82, 2.24) is 14.5 Å². The summed E-state index contributed by atoms with van der Waals surface area (Å²) in [7, 11) is 1.66. The minimum absolute atomic E-state index is 0.251. The maximum atomic E-state index is 11.2. The van der Waals surface area contributed by atoms with Crippen molar-refractivity contribution in [3.8, 4) is 0 Å². The summed E-state index contributed by atoms with van der Waals surface area (Å²) in [6, 6.07) is 0. The largest absolute Gasteiger partial charge is 0.351 e. The Morgan fingerprint density at radius 1 is 1.25 bits per heavy atom. The fourth-order valence-corrected chi connectivity index (χ4v) is 1.63. The molecule has 6 heteroatoms. The van der Waals surface area contributed by atoms with Gasteiger partial charge in [-0.25, -0.2) is 4.79 Å². The van der Waals surface area contributed by atoms with Crippen molar-refractivity contribution in [2.45, 2.75) is 10.3 Å². The first-order valence-corrected chi connectivity index (χ1v) is 5.67. The van der Waals surface area contributed by atoms with Gasteiger partial charge < -0.3 is 0 Å². The molecule has 4 nitrogen and oxygen atoms in total. The highest BCUT2D eigenvalue weighted by molar-refractivity contribution is 7.99. The van der Waals surface area contributed by atoms with Crippen LogP contribution in [0.25, 0.3) is 0 Å². The van der Waals surface area contributed by atoms with Crippen molar-refractivity contribution < 1.29 is 0 Å². The Kier molecular flexibility index (Phi) is 3.16. The molecular formula is C6H9N3OS2. The molecule has 0 N–H and O–H groups in total. The third-order valence-corrected chi connectivity index (χ3v) is 2.60. The molecule has 0 amide bonds. The molecule has 0 saturated carbocycles. The molecule has 1 aromatic heterocycles. The van der Waals surface area contributed by atoms with Gasteiger partial charge >= 0.3 is 5.69 Å². The zero-order chi connectivity index (χ0) is 9.14. The quantitative estimate of drug-likeness (QED) is 0.659. The molecule has 0 saturated heterocycles. The van der Waals surface area contributed by atoms with Crippen molar-refractivity contribution in [2.24, 2.45) is 7.05 Å². The van der Waals surface area contributed by atoms with Crippen LogP contribution in [0.15, 0.2) is 15.1 Å². The molecular weight excluding hydrogens is 194 g/mol. The van der Waals surface area contributed by atoms with Gasteiger partial charge in [-0.05, 0) is 12.5 Å². The van der Waals surface area contributed by atoms with E-state index in [1.54, 1.807) is 7.05 Å². The molecule has 0 aliphatic rings. The summed E-state index contributed by atoms with van der Waals surface area (Å²) in [6.45, 7) is 0. The van der Waals surface area contributed by atoms with Gasteiger partial charge in [0.25, 0.3) is 0 Å². The van der Waals surface area contributed by atoms with Crippen LogP contribution in [-0.4, -0.2) is 27.0 Å². The Hall–Kier alpha value is -0.490. The summed E-state index contributed by atoms with van der Waals surface area (Å²) in [5.41, 5.74) is -0.251. The molecule has 1 heterocycles. The highest BCUT2D eigenvalue weighted by Gasteiger charge is 2.03. The van der Waals surface area contributed by atoms with E-state index in [0.717, 1.165) is 0 Å². The second-order valence-corrected chi connectivity index (χ2v) is 3.59. The lowest BCUT2D eigenvalue weighted by Crippen LogP contribution is -2.23. The molecule has 0 atom stereocenters. The summed E-state index contributed by atoms with van der Waals surface area (Å²) >= 11 is 2.81. The van der Waals surface area contributed by atoms with Crippen LogP contribution in [-0.2, 0) is 7.05 Å². The van der Waals surface area contributed by atoms with Gasteiger partial charge in [0.1, 0.15) is 0 Å². The maximum Gasteiger partial charge on any atom is 0.351 e. The van der Waals surface area contributed by atoms with E-state index in [1.165, 1.54) is 28.1 Å². The van der Waals surface area contributed by atoms with E-state index in [1.807, 2.05) is 12.5 Å². The van der Waals surface area contributed by atoms with Gasteiger partial charge in [0.15, 0.2) is 10.3 Å². The van der Waals surface area contributed by atoms with Crippen LogP contribution in [0.2, 0.25) is 0 Å². The number of hydrogen-bond acceptors (Lipinski definition) is 5. The van der Waals surface area contributed by atoms with Crippen LogP contribution in [0.1, 0.15) is 0 Å². The SMILES string of the molecule is CSc1nc(SC)n(C)c(=O)n1. The summed E-state index contributed by atoms with van der Waals surface area (Å²) in [5.74, 6) is 0. The van der Waals surface area contributed by atoms with Crippen molar-refractivity contribution in [3.05, 3.63) is 10.5 Å². The highest BCUT2D eigenvalue weighted by Crippen LogP contribution is 2.11. The third-order valence-electron chi connectivity index (χ3n) is 1.32. The monoisotopic (exact) mass is 203 g/mol. The smallest absolute Gasteiger partial charge is 0.274 e. The molecule has 66 valence electrons. The van der Waals surface area contributed by atoms with Gasteiger partial charge in [0.2, 0.25) is 0 Å². The second-order valence-electron chi connectivity index (χ2n) is 2.04. The van der Waals surface area contributed by atoms with Gasteiger partial charge in [-0.2, -0.15) is 9.97 Å². The molecule has 0 radical (unpaired) electrons. The number of rotatable bonds is 2. The number of thioether (sulfide) groups is 2. The van der Waals surface area contributed by atoms with E-state index in [0.29, 0.717) is 10.3 Å². The molecule has 0 unspecified atom stereocenters. The summed E-state index contributed by atoms with van der Waals surface area (Å²) in [4.78, 5) is 19.1. The maximum absolute atomic E-state index is 11.2. The van der Waals surface area contributed by atoms with E-state index in [2.05, 4.69) is 9.97 Å². The average Bonchev–Trinajstić information content (AvgIpc) is 2.09. The Morgan fingerprint density at radius 3 is 2.42 bits per heavy atom. The Labute approximate surface area is 78.8 Å². The first-order chi connectivity index (χ1) is 5.69. The molecule has 0 aliphatic carbocycles. The van der Waals surface area contributed by atoms with Crippen LogP contribution < -0.4 is 5.69 Å². The van der Waals surface area contributed by atoms with Gasteiger partial charge in [0, 0.05) is 7.05 Å². The predicted molar refractivity (Wildman–Crippen MR) is 50.8 cm³/mol. The lowest BCUT2D eigenvalue weighted by Gasteiger charge is -2.03. The molecule has 0 aliphatic heterocycles. The molecule has 0 aromatic carbocycles. The van der Waals surface area contributed by atoms with Gasteiger partial charge in [-0.1, -0.05) is 23.5 Å². The lowest BCUT2D eigenvalue weighted by atomic mass is 10.9. The summed E-state index contributed by atoms with van der Waals surface area (Å²) in [5, 5.41) is 1.22. The zero-order valence-electron chi connectivity index (χ0n) is 7.07. The van der Waals surface area contributed by atoms with E-state index >= 15 is 0 Å². The van der Waals surface area contributed by atoms with Crippen molar-refractivity contribution in [1.29, 1.82) is 0 Å². The zero-order valence-corrected chi connectivity index (χ0v) is 8.70. The van der Waals surface area contributed by atoms with Gasteiger partial charge in [-0.3, -0.25) is 4.57 Å². The average molecular weight is 203 g/mol. The lowest BCUT2D eigenvalue weighted by molar-refractivity contribution is 0.627. The molecule has 0 spiro atoms. The predicted octanol–water partition coefficient (Wildman–Crippen LogP) is 0.619. The molecule has 0 fully saturated rings. The Bertz CT molecular complexity index is 336. The molecule has 1 aromatic rings. The van der Waals surface area contributed by atoms with Crippen LogP contribution in [0, 0.1) is 0 Å². The van der Waals surface area contributed by atoms with E-state index < -0.39 is 0 Å². The molecule has 0 bridgehead atoms. The summed E-state index contributed by atoms with van der Waals surface area (Å²) < 4.78 is 1.43. The molecule has 12 heavy (non-hydrogen) atoms. The van der Waals surface area contributed by atoms with Gasteiger partial charge in [-0.15, -0.1) is 0 Å². The standard InChI is InChI=1S/C6H9N3OS2/c1-9-5(10)7-4(11-2)8-6(9)12-3/h1-3H3. The fourth-order valence-electron chi connectivity index (χ4n) is 0.694. The minimum atomic E-state index is -0.251. The first kappa shape index (κ1) is 9.60. The van der Waals surface area contributed by atoms with E-state index in [-0.39, 0.29) is 5.69 Å². The van der Waals surface area contributed by atoms with Crippen LogP contribution in [0.4, 0.5) is 0 Å². The van der Waals surface area contributed by atoms with Crippen molar-refractivity contribution in [2.75, 3.05) is 12.5 Å². The number of aromatic nitrogens is 3. The summed E-state index contributed by atoms with van der Waals surface area (Å²) in [6.07, 6.45) is 3.73. The fraction of sp³-hybridized carbons (Fsp3) is 0.500. The second kappa shape index (κ2) is 3.95. The van der Waals surface area contributed by atoms with Crippen molar-refractivity contribution >= 4 is 23.5 Å². The van der Waals surface area contributed by atoms with E-state index in [9.17, 15) is 4.79 Å². The van der Waals surface area contributed by atoms with Crippen LogP contribution in [0.5, 0.6) is 0 Å². The van der Waals surface area contributed by atoms with Gasteiger partial charge in [0.05, 0.1) is 0 Å². The van der Waals surface area contributed by atoms with E-state index in [4.69, 9.17) is 0 Å². The molecule has 1 rings (SSSR count). The Balaban J connectivity index is 3.29. The first-order valence-electron chi connectivity index (χ1n) is 3.22. The minimum Gasteiger partial charge on any atom is -0.274 e. The van der Waals surface area contributed by atoms with Crippen molar-refractivity contribution in [3.63, 3.8) is 0 Å². The third kappa shape index (κ3) is 1.81.